The summed E-state index contributed by atoms with van der Waals surface area (Å²) in [7, 11) is 0. The average Bonchev–Trinajstić information content (AvgIpc) is 3.04. The third kappa shape index (κ3) is 4.31. The van der Waals surface area contributed by atoms with Gasteiger partial charge in [0.05, 0.1) is 18.2 Å². The Morgan fingerprint density at radius 1 is 0.931 bits per heavy atom. The summed E-state index contributed by atoms with van der Waals surface area (Å²) in [5, 5.41) is 0. The first-order valence-corrected chi connectivity index (χ1v) is 10.2. The van der Waals surface area contributed by atoms with E-state index in [1.54, 1.807) is 0 Å². The van der Waals surface area contributed by atoms with Crippen molar-refractivity contribution in [1.29, 1.82) is 0 Å². The fourth-order valence-electron chi connectivity index (χ4n) is 4.13. The lowest BCUT2D eigenvalue weighted by molar-refractivity contribution is -0.123. The van der Waals surface area contributed by atoms with Crippen molar-refractivity contribution in [2.24, 2.45) is 0 Å². The molecule has 1 atom stereocenters. The second-order valence-electron chi connectivity index (χ2n) is 7.72. The van der Waals surface area contributed by atoms with Crippen LogP contribution >= 0.6 is 0 Å². The lowest BCUT2D eigenvalue weighted by Crippen LogP contribution is -2.52. The molecule has 0 spiro atoms. The first kappa shape index (κ1) is 19.6. The summed E-state index contributed by atoms with van der Waals surface area (Å²) in [5.74, 6) is -0.177. The Balaban J connectivity index is 1.33. The highest BCUT2D eigenvalue weighted by molar-refractivity contribution is 6.22. The number of hydrogen-bond acceptors (Lipinski definition) is 4. The summed E-state index contributed by atoms with van der Waals surface area (Å²) >= 11 is 0. The van der Waals surface area contributed by atoms with E-state index in [9.17, 15) is 9.59 Å². The van der Waals surface area contributed by atoms with Gasteiger partial charge in [-0.1, -0.05) is 60.7 Å². The smallest absolute Gasteiger partial charge is 0.251 e. The van der Waals surface area contributed by atoms with Gasteiger partial charge >= 0.3 is 0 Å². The molecule has 0 N–H and O–H groups in total. The van der Waals surface area contributed by atoms with Crippen molar-refractivity contribution < 1.29 is 9.59 Å². The van der Waals surface area contributed by atoms with E-state index in [0.29, 0.717) is 0 Å². The van der Waals surface area contributed by atoms with Crippen molar-refractivity contribution in [1.82, 2.24) is 9.80 Å². The number of carbonyl (C=O) groups excluding carboxylic acids is 2. The Bertz CT molecular complexity index is 901. The van der Waals surface area contributed by atoms with Crippen LogP contribution in [-0.2, 0) is 9.59 Å². The fraction of sp³-hybridized carbons (Fsp3) is 0.333. The molecule has 150 valence electrons. The lowest BCUT2D eigenvalue weighted by Gasteiger charge is -2.36. The van der Waals surface area contributed by atoms with Gasteiger partial charge in [-0.05, 0) is 24.1 Å². The van der Waals surface area contributed by atoms with Crippen LogP contribution in [0.4, 0.5) is 5.69 Å². The maximum absolute atomic E-state index is 13.0. The van der Waals surface area contributed by atoms with Gasteiger partial charge in [0.2, 0.25) is 5.91 Å². The van der Waals surface area contributed by atoms with Crippen molar-refractivity contribution >= 4 is 23.6 Å². The number of aryl methyl sites for hydroxylation is 1. The summed E-state index contributed by atoms with van der Waals surface area (Å²) < 4.78 is 0. The van der Waals surface area contributed by atoms with Crippen LogP contribution in [0.3, 0.4) is 0 Å². The molecule has 0 bridgehead atoms. The van der Waals surface area contributed by atoms with Gasteiger partial charge in [-0.25, -0.2) is 4.90 Å². The van der Waals surface area contributed by atoms with Crippen LogP contribution in [0.2, 0.25) is 0 Å². The third-order valence-electron chi connectivity index (χ3n) is 5.80. The van der Waals surface area contributed by atoms with Crippen molar-refractivity contribution in [2.45, 2.75) is 19.4 Å². The number of amides is 2. The molecule has 5 nitrogen and oxygen atoms in total. The summed E-state index contributed by atoms with van der Waals surface area (Å²) in [5.41, 5.74) is 2.87. The molecule has 2 heterocycles. The fourth-order valence-corrected chi connectivity index (χ4v) is 4.13. The number of benzene rings is 2. The molecule has 5 heteroatoms. The van der Waals surface area contributed by atoms with E-state index in [1.807, 2.05) is 49.4 Å². The molecule has 0 saturated carbocycles. The highest BCUT2D eigenvalue weighted by Gasteiger charge is 2.43. The molecule has 29 heavy (non-hydrogen) atoms. The number of para-hydroxylation sites is 1. The number of nitrogens with zero attached hydrogens (tertiary/aromatic N) is 3. The van der Waals surface area contributed by atoms with E-state index in [4.69, 9.17) is 0 Å². The summed E-state index contributed by atoms with van der Waals surface area (Å²) in [4.78, 5) is 31.6. The van der Waals surface area contributed by atoms with E-state index < -0.39 is 0 Å². The molecule has 4 rings (SSSR count). The molecular formula is C24H27N3O2. The van der Waals surface area contributed by atoms with Gasteiger partial charge in [-0.15, -0.1) is 0 Å². The monoisotopic (exact) mass is 389 g/mol. The van der Waals surface area contributed by atoms with Gasteiger partial charge in [-0.2, -0.15) is 0 Å². The lowest BCUT2D eigenvalue weighted by atomic mass is 10.1. The van der Waals surface area contributed by atoms with Crippen LogP contribution in [-0.4, -0.2) is 60.4 Å². The van der Waals surface area contributed by atoms with Crippen molar-refractivity contribution in [3.63, 3.8) is 0 Å². The van der Waals surface area contributed by atoms with Crippen LogP contribution in [0.25, 0.3) is 6.08 Å². The quantitative estimate of drug-likeness (QED) is 0.738. The topological polar surface area (TPSA) is 43.9 Å². The molecule has 0 aliphatic carbocycles. The first-order chi connectivity index (χ1) is 14.1. The molecule has 2 saturated heterocycles. The zero-order chi connectivity index (χ0) is 20.2. The molecule has 2 fully saturated rings. The molecule has 0 unspecified atom stereocenters. The summed E-state index contributed by atoms with van der Waals surface area (Å²) in [6.45, 7) is 6.26. The number of hydrogen-bond donors (Lipinski definition) is 0. The Labute approximate surface area is 172 Å². The first-order valence-electron chi connectivity index (χ1n) is 10.2. The number of piperazine rings is 1. The van der Waals surface area contributed by atoms with Gasteiger partial charge < -0.3 is 0 Å². The Hall–Kier alpha value is -2.76. The maximum Gasteiger partial charge on any atom is 0.251 e. The highest BCUT2D eigenvalue weighted by Crippen LogP contribution is 2.28. The van der Waals surface area contributed by atoms with Gasteiger partial charge in [-0.3, -0.25) is 19.4 Å². The van der Waals surface area contributed by atoms with E-state index in [1.165, 1.54) is 10.5 Å². The highest BCUT2D eigenvalue weighted by atomic mass is 16.2. The van der Waals surface area contributed by atoms with Crippen molar-refractivity contribution in [2.75, 3.05) is 37.6 Å². The van der Waals surface area contributed by atoms with Gasteiger partial charge in [0.1, 0.15) is 0 Å². The summed E-state index contributed by atoms with van der Waals surface area (Å²) in [6.07, 6.45) is 4.61. The number of carbonyl (C=O) groups is 2. The van der Waals surface area contributed by atoms with E-state index in [0.717, 1.165) is 44.0 Å². The van der Waals surface area contributed by atoms with E-state index >= 15 is 0 Å². The Kier molecular flexibility index (Phi) is 5.88. The Morgan fingerprint density at radius 2 is 1.62 bits per heavy atom. The summed E-state index contributed by atoms with van der Waals surface area (Å²) in [6, 6.07) is 17.5. The van der Waals surface area contributed by atoms with Crippen LogP contribution in [0.15, 0.2) is 60.7 Å². The zero-order valence-corrected chi connectivity index (χ0v) is 16.8. The zero-order valence-electron chi connectivity index (χ0n) is 16.8. The van der Waals surface area contributed by atoms with Crippen molar-refractivity contribution in [3.8, 4) is 0 Å². The normalized spacial score (nSPS) is 21.4. The molecule has 0 aromatic heterocycles. The minimum absolute atomic E-state index is 0.0817. The number of rotatable bonds is 5. The Morgan fingerprint density at radius 3 is 2.34 bits per heavy atom. The van der Waals surface area contributed by atoms with Crippen LogP contribution in [0.1, 0.15) is 17.5 Å². The maximum atomic E-state index is 13.0. The van der Waals surface area contributed by atoms with E-state index in [-0.39, 0.29) is 24.3 Å². The molecular weight excluding hydrogens is 362 g/mol. The minimum atomic E-state index is -0.330. The standard InChI is InChI=1S/C24H27N3O2/c1-19-8-5-6-12-21(19)27-23(28)18-22(24(27)29)26-16-14-25(15-17-26)13-7-11-20-9-3-2-4-10-20/h2-12,22H,13-18H2,1H3/b11-7+/t22-/m1/s1. The van der Waals surface area contributed by atoms with Gasteiger partial charge in [0.15, 0.2) is 0 Å². The second-order valence-corrected chi connectivity index (χ2v) is 7.72. The number of anilines is 1. The SMILES string of the molecule is Cc1ccccc1N1C(=O)C[C@@H](N2CCN(C/C=C/c3ccccc3)CC2)C1=O. The molecule has 2 aliphatic rings. The molecule has 2 aliphatic heterocycles. The predicted octanol–water partition coefficient (Wildman–Crippen LogP) is 2.96. The largest absolute Gasteiger partial charge is 0.297 e. The van der Waals surface area contributed by atoms with Gasteiger partial charge in [0, 0.05) is 32.7 Å². The minimum Gasteiger partial charge on any atom is -0.297 e. The van der Waals surface area contributed by atoms with Crippen LogP contribution < -0.4 is 4.90 Å². The molecule has 2 aromatic rings. The van der Waals surface area contributed by atoms with Crippen LogP contribution in [0, 0.1) is 6.92 Å². The predicted molar refractivity (Wildman–Crippen MR) is 116 cm³/mol. The third-order valence-corrected chi connectivity index (χ3v) is 5.80. The van der Waals surface area contributed by atoms with E-state index in [2.05, 4.69) is 34.1 Å². The second kappa shape index (κ2) is 8.72. The van der Waals surface area contributed by atoms with Crippen molar-refractivity contribution in [3.05, 3.63) is 71.8 Å². The average molecular weight is 389 g/mol. The molecule has 2 aromatic carbocycles. The number of imide groups is 1. The molecule has 0 radical (unpaired) electrons. The molecule has 2 amide bonds. The van der Waals surface area contributed by atoms with Crippen LogP contribution in [0.5, 0.6) is 0 Å². The van der Waals surface area contributed by atoms with Gasteiger partial charge in [0.25, 0.3) is 5.91 Å².